The van der Waals surface area contributed by atoms with Gasteiger partial charge in [0.25, 0.3) is 11.8 Å². The minimum atomic E-state index is -0.583. The molecule has 0 spiro atoms. The predicted molar refractivity (Wildman–Crippen MR) is 107 cm³/mol. The van der Waals surface area contributed by atoms with Gasteiger partial charge in [0.2, 0.25) is 0 Å². The summed E-state index contributed by atoms with van der Waals surface area (Å²) in [6, 6.07) is 11.7. The third-order valence-electron chi connectivity index (χ3n) is 3.92. The second-order valence-electron chi connectivity index (χ2n) is 5.52. The molecule has 1 heterocycles. The van der Waals surface area contributed by atoms with Crippen LogP contribution < -0.4 is 19.7 Å². The highest BCUT2D eigenvalue weighted by Crippen LogP contribution is 2.33. The maximum atomic E-state index is 13.0. The fourth-order valence-corrected chi connectivity index (χ4v) is 3.07. The summed E-state index contributed by atoms with van der Waals surface area (Å²) in [6.07, 6.45) is 1.45. The van der Waals surface area contributed by atoms with Crippen LogP contribution in [-0.4, -0.2) is 31.1 Å². The van der Waals surface area contributed by atoms with Crippen LogP contribution in [-0.2, 0) is 9.59 Å². The largest absolute Gasteiger partial charge is 0.493 e. The number of carbonyl (C=O) groups is 2. The molecule has 1 saturated heterocycles. The van der Waals surface area contributed by atoms with Crippen molar-refractivity contribution < 1.29 is 19.1 Å². The molecule has 0 aromatic heterocycles. The van der Waals surface area contributed by atoms with Crippen molar-refractivity contribution in [3.05, 3.63) is 58.6 Å². The van der Waals surface area contributed by atoms with Crippen LogP contribution in [0.15, 0.2) is 48.0 Å². The first kappa shape index (κ1) is 18.9. The summed E-state index contributed by atoms with van der Waals surface area (Å²) >= 11 is 11.1. The number of para-hydroxylation sites is 1. The number of methoxy groups -OCH3 is 2. The molecule has 0 radical (unpaired) electrons. The van der Waals surface area contributed by atoms with E-state index in [-0.39, 0.29) is 10.7 Å². The van der Waals surface area contributed by atoms with E-state index in [4.69, 9.17) is 33.3 Å². The van der Waals surface area contributed by atoms with Crippen molar-refractivity contribution in [2.75, 3.05) is 19.1 Å². The molecule has 0 saturated carbocycles. The number of rotatable bonds is 4. The lowest BCUT2D eigenvalue weighted by Crippen LogP contribution is -2.54. The van der Waals surface area contributed by atoms with E-state index in [9.17, 15) is 9.59 Å². The third-order valence-corrected chi connectivity index (χ3v) is 4.46. The quantitative estimate of drug-likeness (QED) is 0.483. The number of thiocarbonyl (C=S) groups is 1. The van der Waals surface area contributed by atoms with Crippen molar-refractivity contribution in [1.82, 2.24) is 5.32 Å². The Bertz CT molecular complexity index is 957. The Balaban J connectivity index is 2.06. The third kappa shape index (κ3) is 3.65. The zero-order chi connectivity index (χ0) is 19.6. The van der Waals surface area contributed by atoms with E-state index in [0.717, 1.165) is 0 Å². The van der Waals surface area contributed by atoms with Gasteiger partial charge >= 0.3 is 0 Å². The minimum absolute atomic E-state index is 0.00193. The summed E-state index contributed by atoms with van der Waals surface area (Å²) in [5.41, 5.74) is 0.947. The molecule has 0 atom stereocenters. The average Bonchev–Trinajstić information content (AvgIpc) is 2.66. The summed E-state index contributed by atoms with van der Waals surface area (Å²) in [4.78, 5) is 26.6. The molecule has 27 heavy (non-hydrogen) atoms. The van der Waals surface area contributed by atoms with Crippen LogP contribution in [0.2, 0.25) is 5.02 Å². The summed E-state index contributed by atoms with van der Waals surface area (Å²) in [5.74, 6) is -0.226. The maximum absolute atomic E-state index is 13.0. The molecule has 1 aliphatic heterocycles. The number of ether oxygens (including phenoxy) is 2. The number of hydrogen-bond donors (Lipinski definition) is 1. The van der Waals surface area contributed by atoms with Crippen LogP contribution in [0.1, 0.15) is 5.56 Å². The lowest BCUT2D eigenvalue weighted by Gasteiger charge is -2.29. The molecule has 6 nitrogen and oxygen atoms in total. The maximum Gasteiger partial charge on any atom is 0.270 e. The summed E-state index contributed by atoms with van der Waals surface area (Å²) in [5, 5.41) is 3.06. The van der Waals surface area contributed by atoms with Crippen molar-refractivity contribution in [3.8, 4) is 11.5 Å². The standard InChI is InChI=1S/C19H15ClN2O4S/c1-25-15-5-3-4-11(16(15)26-2)10-14-17(23)21-19(27)22(18(14)24)13-8-6-12(20)7-9-13/h3-10H,1-2H3,(H,21,23,27)/b14-10-. The van der Waals surface area contributed by atoms with Gasteiger partial charge in [0.15, 0.2) is 16.6 Å². The molecular formula is C19H15ClN2O4S. The van der Waals surface area contributed by atoms with E-state index in [1.54, 1.807) is 42.5 Å². The molecule has 0 bridgehead atoms. The number of amides is 2. The van der Waals surface area contributed by atoms with E-state index in [2.05, 4.69) is 5.32 Å². The van der Waals surface area contributed by atoms with Crippen molar-refractivity contribution >= 4 is 52.5 Å². The van der Waals surface area contributed by atoms with Gasteiger partial charge in [0.1, 0.15) is 5.57 Å². The number of anilines is 1. The van der Waals surface area contributed by atoms with Gasteiger partial charge < -0.3 is 9.47 Å². The topological polar surface area (TPSA) is 67.9 Å². The second-order valence-corrected chi connectivity index (χ2v) is 6.34. The SMILES string of the molecule is COc1cccc(/C=C2/C(=O)NC(=S)N(c3ccc(Cl)cc3)C2=O)c1OC. The van der Waals surface area contributed by atoms with E-state index in [0.29, 0.717) is 27.8 Å². The van der Waals surface area contributed by atoms with Gasteiger partial charge in [-0.1, -0.05) is 23.7 Å². The molecule has 8 heteroatoms. The first-order valence-electron chi connectivity index (χ1n) is 7.84. The highest BCUT2D eigenvalue weighted by molar-refractivity contribution is 7.80. The van der Waals surface area contributed by atoms with Gasteiger partial charge in [-0.2, -0.15) is 0 Å². The number of benzene rings is 2. The summed E-state index contributed by atoms with van der Waals surface area (Å²) in [6.45, 7) is 0. The van der Waals surface area contributed by atoms with Crippen molar-refractivity contribution in [2.24, 2.45) is 0 Å². The molecular weight excluding hydrogens is 388 g/mol. The van der Waals surface area contributed by atoms with Crippen molar-refractivity contribution in [1.29, 1.82) is 0 Å². The smallest absolute Gasteiger partial charge is 0.270 e. The van der Waals surface area contributed by atoms with Crippen LogP contribution in [0.25, 0.3) is 6.08 Å². The highest BCUT2D eigenvalue weighted by Gasteiger charge is 2.34. The number of hydrogen-bond acceptors (Lipinski definition) is 5. The average molecular weight is 403 g/mol. The Kier molecular flexibility index (Phi) is 5.43. The van der Waals surface area contributed by atoms with E-state index in [1.165, 1.54) is 25.2 Å². The normalized spacial score (nSPS) is 15.7. The van der Waals surface area contributed by atoms with E-state index in [1.807, 2.05) is 0 Å². The fourth-order valence-electron chi connectivity index (χ4n) is 2.66. The fraction of sp³-hybridized carbons (Fsp3) is 0.105. The lowest BCUT2D eigenvalue weighted by molar-refractivity contribution is -0.122. The van der Waals surface area contributed by atoms with Crippen LogP contribution >= 0.6 is 23.8 Å². The number of nitrogens with zero attached hydrogens (tertiary/aromatic N) is 1. The molecule has 0 unspecified atom stereocenters. The zero-order valence-corrected chi connectivity index (χ0v) is 16.1. The van der Waals surface area contributed by atoms with E-state index < -0.39 is 11.8 Å². The van der Waals surface area contributed by atoms with Gasteiger partial charge in [-0.05, 0) is 48.6 Å². The predicted octanol–water partition coefficient (Wildman–Crippen LogP) is 3.19. The molecule has 1 fully saturated rings. The summed E-state index contributed by atoms with van der Waals surface area (Å²) < 4.78 is 10.6. The van der Waals surface area contributed by atoms with Gasteiger partial charge in [0.05, 0.1) is 19.9 Å². The molecule has 3 rings (SSSR count). The Morgan fingerprint density at radius 3 is 2.41 bits per heavy atom. The summed E-state index contributed by atoms with van der Waals surface area (Å²) in [7, 11) is 2.99. The number of nitrogens with one attached hydrogen (secondary N) is 1. The molecule has 1 N–H and O–H groups in total. The number of carbonyl (C=O) groups excluding carboxylic acids is 2. The van der Waals surface area contributed by atoms with Gasteiger partial charge in [-0.25, -0.2) is 0 Å². The first-order chi connectivity index (χ1) is 13.0. The monoisotopic (exact) mass is 402 g/mol. The lowest BCUT2D eigenvalue weighted by atomic mass is 10.1. The van der Waals surface area contributed by atoms with E-state index >= 15 is 0 Å². The Hall–Kier alpha value is -2.90. The Labute approximate surface area is 166 Å². The molecule has 138 valence electrons. The molecule has 2 aromatic carbocycles. The van der Waals surface area contributed by atoms with Crippen molar-refractivity contribution in [3.63, 3.8) is 0 Å². The zero-order valence-electron chi connectivity index (χ0n) is 14.5. The second kappa shape index (κ2) is 7.77. The Morgan fingerprint density at radius 2 is 1.78 bits per heavy atom. The van der Waals surface area contributed by atoms with Crippen molar-refractivity contribution in [2.45, 2.75) is 0 Å². The van der Waals surface area contributed by atoms with Crippen LogP contribution in [0.4, 0.5) is 5.69 Å². The molecule has 2 aromatic rings. The highest BCUT2D eigenvalue weighted by atomic mass is 35.5. The molecule has 0 aliphatic carbocycles. The van der Waals surface area contributed by atoms with Gasteiger partial charge in [-0.3, -0.25) is 19.8 Å². The van der Waals surface area contributed by atoms with Gasteiger partial charge in [0, 0.05) is 10.6 Å². The molecule has 1 aliphatic rings. The Morgan fingerprint density at radius 1 is 1.07 bits per heavy atom. The first-order valence-corrected chi connectivity index (χ1v) is 8.63. The minimum Gasteiger partial charge on any atom is -0.493 e. The van der Waals surface area contributed by atoms with Crippen LogP contribution in [0.3, 0.4) is 0 Å². The van der Waals surface area contributed by atoms with Crippen LogP contribution in [0.5, 0.6) is 11.5 Å². The van der Waals surface area contributed by atoms with Gasteiger partial charge in [-0.15, -0.1) is 0 Å². The van der Waals surface area contributed by atoms with Crippen LogP contribution in [0, 0.1) is 0 Å². The number of halogens is 1. The molecule has 2 amide bonds.